The van der Waals surface area contributed by atoms with Crippen LogP contribution in [0.1, 0.15) is 77.6 Å². The van der Waals surface area contributed by atoms with Crippen LogP contribution in [0.5, 0.6) is 0 Å². The number of hydrogen-bond acceptors (Lipinski definition) is 10. The van der Waals surface area contributed by atoms with E-state index in [4.69, 9.17) is 18.0 Å². The number of carbonyl (C=O) groups is 3. The van der Waals surface area contributed by atoms with E-state index in [1.807, 2.05) is 6.92 Å². The molecule has 2 aromatic heterocycles. The summed E-state index contributed by atoms with van der Waals surface area (Å²) >= 11 is 5.29. The second kappa shape index (κ2) is 11.4. The highest BCUT2D eigenvalue weighted by atomic mass is 32.1. The molecule has 2 aromatic carbocycles. The summed E-state index contributed by atoms with van der Waals surface area (Å²) in [4.78, 5) is 66.0. The predicted molar refractivity (Wildman–Crippen MR) is 166 cm³/mol. The number of nitrogens with zero attached hydrogens (tertiary/aromatic N) is 3. The van der Waals surface area contributed by atoms with Crippen LogP contribution in [0.25, 0.3) is 5.78 Å². The fourth-order valence-corrected chi connectivity index (χ4v) is 6.95. The second-order valence-corrected chi connectivity index (χ2v) is 12.6. The Balaban J connectivity index is 1.16. The van der Waals surface area contributed by atoms with Crippen molar-refractivity contribution >= 4 is 47.2 Å². The van der Waals surface area contributed by atoms with Crippen LogP contribution in [0.2, 0.25) is 0 Å². The Bertz CT molecular complexity index is 2020. The molecule has 4 aromatic rings. The van der Waals surface area contributed by atoms with Crippen LogP contribution in [-0.4, -0.2) is 48.5 Å². The van der Waals surface area contributed by atoms with E-state index < -0.39 is 39.9 Å². The van der Waals surface area contributed by atoms with Crippen LogP contribution >= 0.6 is 12.2 Å². The molecule has 1 atom stereocenters. The Morgan fingerprint density at radius 2 is 1.78 bits per heavy atom. The van der Waals surface area contributed by atoms with E-state index in [2.05, 4.69) is 31.1 Å². The number of carboxylic acid groups (broad SMARTS) is 1. The summed E-state index contributed by atoms with van der Waals surface area (Å²) in [5.41, 5.74) is 3.48. The molecular formula is C30H31FN8O6S. The van der Waals surface area contributed by atoms with Crippen LogP contribution in [0.3, 0.4) is 0 Å². The average molecular weight is 651 g/mol. The first-order valence-electron chi connectivity index (χ1n) is 14.7. The molecule has 3 saturated carbocycles. The molecule has 240 valence electrons. The summed E-state index contributed by atoms with van der Waals surface area (Å²) in [7, 11) is 0. The van der Waals surface area contributed by atoms with Crippen molar-refractivity contribution in [2.24, 2.45) is 10.8 Å². The van der Waals surface area contributed by atoms with Crippen molar-refractivity contribution < 1.29 is 23.9 Å². The molecule has 0 aliphatic heterocycles. The van der Waals surface area contributed by atoms with Crippen molar-refractivity contribution in [2.75, 3.05) is 11.1 Å². The van der Waals surface area contributed by atoms with Gasteiger partial charge in [0.2, 0.25) is 4.77 Å². The minimum absolute atomic E-state index is 0.000804. The van der Waals surface area contributed by atoms with E-state index in [0.29, 0.717) is 44.1 Å². The number of nitrogen functional groups attached to an aromatic ring is 1. The summed E-state index contributed by atoms with van der Waals surface area (Å²) in [6, 6.07) is 5.24. The number of fused-ring (bicyclic) bond motifs is 4. The van der Waals surface area contributed by atoms with Crippen molar-refractivity contribution in [2.45, 2.75) is 64.6 Å². The molecule has 7 N–H and O–H groups in total. The first-order chi connectivity index (χ1) is 21.8. The van der Waals surface area contributed by atoms with E-state index in [-0.39, 0.29) is 63.4 Å². The van der Waals surface area contributed by atoms with Gasteiger partial charge in [0.25, 0.3) is 28.4 Å². The highest BCUT2D eigenvalue weighted by molar-refractivity contribution is 7.71. The minimum Gasteiger partial charge on any atom is -0.481 e. The molecule has 2 amide bonds. The van der Waals surface area contributed by atoms with E-state index in [1.54, 1.807) is 0 Å². The van der Waals surface area contributed by atoms with Gasteiger partial charge in [0, 0.05) is 24.7 Å². The number of benzene rings is 1. The zero-order valence-electron chi connectivity index (χ0n) is 24.7. The highest BCUT2D eigenvalue weighted by Crippen LogP contribution is 2.58. The van der Waals surface area contributed by atoms with Crippen molar-refractivity contribution in [1.82, 2.24) is 30.2 Å². The molecule has 16 heteroatoms. The fourth-order valence-electron chi connectivity index (χ4n) is 6.72. The number of anilines is 2. The number of nitrogens with one attached hydrogen (secondary N) is 4. The van der Waals surface area contributed by atoms with Gasteiger partial charge in [0.1, 0.15) is 28.6 Å². The molecule has 3 fully saturated rings. The number of aliphatic carboxylic acids is 1. The summed E-state index contributed by atoms with van der Waals surface area (Å²) in [6.45, 7) is 1.77. The van der Waals surface area contributed by atoms with E-state index in [9.17, 15) is 33.5 Å². The van der Waals surface area contributed by atoms with Crippen molar-refractivity contribution in [3.05, 3.63) is 77.8 Å². The molecule has 7 rings (SSSR count). The van der Waals surface area contributed by atoms with Crippen LogP contribution in [-0.2, 0) is 17.9 Å². The van der Waals surface area contributed by atoms with Gasteiger partial charge in [-0.05, 0) is 86.8 Å². The van der Waals surface area contributed by atoms with E-state index in [0.717, 1.165) is 0 Å². The van der Waals surface area contributed by atoms with Crippen LogP contribution in [0, 0.1) is 21.4 Å². The van der Waals surface area contributed by atoms with Crippen molar-refractivity contribution in [1.29, 1.82) is 0 Å². The number of rotatable bonds is 10. The zero-order chi connectivity index (χ0) is 33.0. The van der Waals surface area contributed by atoms with Gasteiger partial charge in [-0.1, -0.05) is 6.07 Å². The molecule has 0 spiro atoms. The Kier molecular flexibility index (Phi) is 7.70. The van der Waals surface area contributed by atoms with E-state index >= 15 is 0 Å². The number of aromatic nitrogens is 4. The maximum absolute atomic E-state index is 14.5. The number of halogens is 1. The molecule has 1 unspecified atom stereocenters. The highest BCUT2D eigenvalue weighted by Gasteiger charge is 2.54. The fraction of sp³-hybridized carbons (Fsp3) is 0.400. The van der Waals surface area contributed by atoms with Crippen LogP contribution < -0.4 is 32.5 Å². The maximum atomic E-state index is 14.5. The minimum atomic E-state index is -0.788. The van der Waals surface area contributed by atoms with E-state index in [1.165, 1.54) is 28.7 Å². The standard InChI is InChI=1S/C30H31FN8O6S/c1-14(29-4-7-30(8-5-29,9-6-29)26(44)45)35-24(42)18-11-19(39-27(36-18)37-38-28(39)46)25(43)34-12-15-2-3-17(31)16(10-15)13-33-21-20(32)22(40)23(21)41/h2-3,10-11,14,33H,4-9,12-13,32H2,1H3,(H,34,43)(H,35,42)(H,38,46)(H,44,45). The topological polar surface area (TPSA) is 214 Å². The first kappa shape index (κ1) is 31.0. The van der Waals surface area contributed by atoms with Gasteiger partial charge < -0.3 is 26.8 Å². The lowest BCUT2D eigenvalue weighted by atomic mass is 9.52. The second-order valence-electron chi connectivity index (χ2n) is 12.2. The number of carboxylic acids is 1. The maximum Gasteiger partial charge on any atom is 0.309 e. The lowest BCUT2D eigenvalue weighted by Gasteiger charge is -2.54. The third kappa shape index (κ3) is 5.21. The monoisotopic (exact) mass is 650 g/mol. The van der Waals surface area contributed by atoms with Crippen LogP contribution in [0.4, 0.5) is 15.8 Å². The summed E-state index contributed by atoms with van der Waals surface area (Å²) < 4.78 is 15.9. The van der Waals surface area contributed by atoms with Crippen LogP contribution in [0.15, 0.2) is 33.9 Å². The SMILES string of the molecule is CC(NC(=O)c1cc(C(=O)NCc2ccc(F)c(CNc3c(N)c(=O)c3=O)c2)n2c(=S)[nH]nc2n1)C12CCC(C(=O)O)(CC1)CC2. The normalized spacial score (nSPS) is 21.3. The van der Waals surface area contributed by atoms with Crippen molar-refractivity contribution in [3.63, 3.8) is 0 Å². The molecule has 2 heterocycles. The van der Waals surface area contributed by atoms with Gasteiger partial charge in [0.05, 0.1) is 5.41 Å². The number of amides is 2. The average Bonchev–Trinajstić information content (AvgIpc) is 3.44. The Morgan fingerprint density at radius 1 is 1.09 bits per heavy atom. The summed E-state index contributed by atoms with van der Waals surface area (Å²) in [5, 5.41) is 24.8. The lowest BCUT2D eigenvalue weighted by molar-refractivity contribution is -0.159. The summed E-state index contributed by atoms with van der Waals surface area (Å²) in [6.07, 6.45) is 3.80. The zero-order valence-corrected chi connectivity index (χ0v) is 25.6. The third-order valence-electron chi connectivity index (χ3n) is 9.84. The molecule has 0 radical (unpaired) electrons. The van der Waals surface area contributed by atoms with Gasteiger partial charge in [-0.3, -0.25) is 24.0 Å². The molecule has 0 saturated heterocycles. The Labute approximate surface area is 265 Å². The largest absolute Gasteiger partial charge is 0.481 e. The van der Waals surface area contributed by atoms with Gasteiger partial charge in [-0.25, -0.2) is 18.9 Å². The van der Waals surface area contributed by atoms with Gasteiger partial charge in [-0.15, -0.1) is 5.10 Å². The number of aromatic amines is 1. The lowest BCUT2D eigenvalue weighted by Crippen LogP contribution is -2.54. The number of H-pyrrole nitrogens is 1. The number of nitrogens with two attached hydrogens (primary N) is 1. The molecular weight excluding hydrogens is 619 g/mol. The third-order valence-corrected chi connectivity index (χ3v) is 10.1. The Morgan fingerprint density at radius 3 is 2.43 bits per heavy atom. The van der Waals surface area contributed by atoms with Gasteiger partial charge >= 0.3 is 5.97 Å². The smallest absolute Gasteiger partial charge is 0.309 e. The first-order valence-corrected chi connectivity index (χ1v) is 15.2. The predicted octanol–water partition coefficient (Wildman–Crippen LogP) is 2.19. The Hall–Kier alpha value is -4.99. The molecule has 3 aliphatic carbocycles. The van der Waals surface area contributed by atoms with Gasteiger partial charge in [0.15, 0.2) is 0 Å². The molecule has 3 aliphatic rings. The summed E-state index contributed by atoms with van der Waals surface area (Å²) in [5.74, 6) is -2.41. The molecule has 14 nitrogen and oxygen atoms in total. The number of carbonyl (C=O) groups excluding carboxylic acids is 2. The molecule has 46 heavy (non-hydrogen) atoms. The van der Waals surface area contributed by atoms with Gasteiger partial charge in [-0.2, -0.15) is 0 Å². The quantitative estimate of drug-likeness (QED) is 0.108. The number of hydrogen-bond donors (Lipinski definition) is 6. The molecule has 2 bridgehead atoms. The van der Waals surface area contributed by atoms with Crippen molar-refractivity contribution in [3.8, 4) is 0 Å².